The number of ether oxygens (including phenoxy) is 2. The molecule has 0 radical (unpaired) electrons. The fourth-order valence-corrected chi connectivity index (χ4v) is 2.65. The van der Waals surface area contributed by atoms with Gasteiger partial charge in [-0.3, -0.25) is 4.79 Å². The maximum atomic E-state index is 13.0. The zero-order valence-electron chi connectivity index (χ0n) is 13.4. The van der Waals surface area contributed by atoms with E-state index in [9.17, 15) is 14.0 Å². The van der Waals surface area contributed by atoms with Gasteiger partial charge in [-0.25, -0.2) is 9.18 Å². The molecule has 0 bridgehead atoms. The fourth-order valence-electron chi connectivity index (χ4n) is 1.98. The molecule has 2 rings (SSSR count). The van der Waals surface area contributed by atoms with Crippen molar-refractivity contribution in [1.82, 2.24) is 0 Å². The second-order valence-electron chi connectivity index (χ2n) is 5.05. The Labute approximate surface area is 157 Å². The van der Waals surface area contributed by atoms with Gasteiger partial charge in [0, 0.05) is 15.6 Å². The Morgan fingerprint density at radius 2 is 2.00 bits per heavy atom. The van der Waals surface area contributed by atoms with E-state index in [2.05, 4.69) is 21.2 Å². The monoisotopic (exact) mass is 429 g/mol. The first kappa shape index (κ1) is 19.2. The largest absolute Gasteiger partial charge is 0.495 e. The predicted octanol–water partition coefficient (Wildman–Crippen LogP) is 4.35. The number of rotatable bonds is 5. The van der Waals surface area contributed by atoms with Crippen molar-refractivity contribution in [1.29, 1.82) is 0 Å². The van der Waals surface area contributed by atoms with Crippen LogP contribution >= 0.6 is 27.5 Å². The molecule has 1 amide bonds. The molecule has 5 nitrogen and oxygen atoms in total. The molecule has 8 heteroatoms. The topological polar surface area (TPSA) is 64.6 Å². The first-order valence-electron chi connectivity index (χ1n) is 7.08. The summed E-state index contributed by atoms with van der Waals surface area (Å²) in [6, 6.07) is 6.76. The highest BCUT2D eigenvalue weighted by molar-refractivity contribution is 9.10. The summed E-state index contributed by atoms with van der Waals surface area (Å²) < 4.78 is 23.4. The number of esters is 1. The van der Waals surface area contributed by atoms with Crippen LogP contribution in [0.4, 0.5) is 10.1 Å². The van der Waals surface area contributed by atoms with Crippen molar-refractivity contribution in [3.05, 3.63) is 56.8 Å². The van der Waals surface area contributed by atoms with E-state index in [1.54, 1.807) is 19.1 Å². The highest BCUT2D eigenvalue weighted by Crippen LogP contribution is 2.30. The van der Waals surface area contributed by atoms with Gasteiger partial charge in [0.05, 0.1) is 18.4 Å². The van der Waals surface area contributed by atoms with E-state index in [1.807, 2.05) is 0 Å². The van der Waals surface area contributed by atoms with Crippen molar-refractivity contribution in [3.8, 4) is 5.75 Å². The molecule has 0 aromatic heterocycles. The van der Waals surface area contributed by atoms with E-state index >= 15 is 0 Å². The van der Waals surface area contributed by atoms with Gasteiger partial charge in [0.2, 0.25) is 0 Å². The number of nitrogens with one attached hydrogen (secondary N) is 1. The lowest BCUT2D eigenvalue weighted by Gasteiger charge is -2.12. The number of carbonyl (C=O) groups is 2. The molecule has 0 unspecified atom stereocenters. The van der Waals surface area contributed by atoms with Crippen LogP contribution in [-0.2, 0) is 9.53 Å². The summed E-state index contributed by atoms with van der Waals surface area (Å²) in [6.45, 7) is 1.27. The van der Waals surface area contributed by atoms with Crippen LogP contribution in [0.25, 0.3) is 0 Å². The van der Waals surface area contributed by atoms with Gasteiger partial charge >= 0.3 is 5.97 Å². The normalized spacial score (nSPS) is 10.3. The van der Waals surface area contributed by atoms with Crippen LogP contribution in [0.1, 0.15) is 15.9 Å². The highest BCUT2D eigenvalue weighted by atomic mass is 79.9. The van der Waals surface area contributed by atoms with E-state index in [0.717, 1.165) is 17.7 Å². The van der Waals surface area contributed by atoms with Crippen LogP contribution in [0, 0.1) is 12.7 Å². The van der Waals surface area contributed by atoms with Crippen LogP contribution in [0.5, 0.6) is 5.75 Å². The SMILES string of the molecule is COc1cc(Cl)c(C)cc1NC(=O)COC(=O)c1ccc(F)cc1Br. The summed E-state index contributed by atoms with van der Waals surface area (Å²) in [5.41, 5.74) is 1.28. The van der Waals surface area contributed by atoms with Crippen molar-refractivity contribution in [3.63, 3.8) is 0 Å². The van der Waals surface area contributed by atoms with Crippen molar-refractivity contribution in [2.24, 2.45) is 0 Å². The molecule has 0 atom stereocenters. The van der Waals surface area contributed by atoms with Gasteiger partial charge in [-0.15, -0.1) is 0 Å². The molecule has 0 saturated heterocycles. The third kappa shape index (κ3) is 4.93. The fraction of sp³-hybridized carbons (Fsp3) is 0.176. The van der Waals surface area contributed by atoms with E-state index < -0.39 is 24.3 Å². The average molecular weight is 431 g/mol. The number of methoxy groups -OCH3 is 1. The molecule has 0 aliphatic carbocycles. The van der Waals surface area contributed by atoms with Gasteiger partial charge in [-0.2, -0.15) is 0 Å². The van der Waals surface area contributed by atoms with Crippen LogP contribution in [0.2, 0.25) is 5.02 Å². The van der Waals surface area contributed by atoms with Crippen LogP contribution in [0.15, 0.2) is 34.8 Å². The summed E-state index contributed by atoms with van der Waals surface area (Å²) in [4.78, 5) is 24.0. The number of hydrogen-bond donors (Lipinski definition) is 1. The van der Waals surface area contributed by atoms with E-state index in [-0.39, 0.29) is 10.0 Å². The molecular weight excluding hydrogens is 417 g/mol. The second kappa shape index (κ2) is 8.31. The van der Waals surface area contributed by atoms with E-state index in [1.165, 1.54) is 13.2 Å². The predicted molar refractivity (Wildman–Crippen MR) is 95.8 cm³/mol. The van der Waals surface area contributed by atoms with Crippen molar-refractivity contribution < 1.29 is 23.5 Å². The molecule has 2 aromatic carbocycles. The standard InChI is InChI=1S/C17H14BrClFNO4/c1-9-5-14(15(24-2)7-13(9)19)21-16(22)8-25-17(23)11-4-3-10(20)6-12(11)18/h3-7H,8H2,1-2H3,(H,21,22). The number of aryl methyl sites for hydroxylation is 1. The highest BCUT2D eigenvalue weighted by Gasteiger charge is 2.15. The molecular formula is C17H14BrClFNO4. The van der Waals surface area contributed by atoms with Gasteiger partial charge < -0.3 is 14.8 Å². The third-order valence-electron chi connectivity index (χ3n) is 3.24. The Bertz CT molecular complexity index is 829. The lowest BCUT2D eigenvalue weighted by Crippen LogP contribution is -2.21. The van der Waals surface area contributed by atoms with Crippen LogP contribution in [-0.4, -0.2) is 25.6 Å². The third-order valence-corrected chi connectivity index (χ3v) is 4.30. The summed E-state index contributed by atoms with van der Waals surface area (Å²) in [7, 11) is 1.45. The number of halogens is 3. The summed E-state index contributed by atoms with van der Waals surface area (Å²) >= 11 is 9.08. The number of carbonyl (C=O) groups excluding carboxylic acids is 2. The lowest BCUT2D eigenvalue weighted by atomic mass is 10.2. The average Bonchev–Trinajstić information content (AvgIpc) is 2.55. The number of amides is 1. The lowest BCUT2D eigenvalue weighted by molar-refractivity contribution is -0.119. The van der Waals surface area contributed by atoms with Crippen LogP contribution in [0.3, 0.4) is 0 Å². The maximum Gasteiger partial charge on any atom is 0.339 e. The van der Waals surface area contributed by atoms with Crippen molar-refractivity contribution >= 4 is 45.1 Å². The summed E-state index contributed by atoms with van der Waals surface area (Å²) in [5.74, 6) is -1.41. The van der Waals surface area contributed by atoms with Crippen molar-refractivity contribution in [2.75, 3.05) is 19.0 Å². The quantitative estimate of drug-likeness (QED) is 0.716. The molecule has 2 aromatic rings. The summed E-state index contributed by atoms with van der Waals surface area (Å²) in [6.07, 6.45) is 0. The van der Waals surface area contributed by atoms with E-state index in [4.69, 9.17) is 21.1 Å². The van der Waals surface area contributed by atoms with Crippen molar-refractivity contribution in [2.45, 2.75) is 6.92 Å². The van der Waals surface area contributed by atoms with Crippen LogP contribution < -0.4 is 10.1 Å². The van der Waals surface area contributed by atoms with Gasteiger partial charge in [0.25, 0.3) is 5.91 Å². The Morgan fingerprint density at radius 1 is 1.28 bits per heavy atom. The molecule has 0 spiro atoms. The number of anilines is 1. The Balaban J connectivity index is 2.01. The molecule has 0 fully saturated rings. The molecule has 0 aliphatic heterocycles. The second-order valence-corrected chi connectivity index (χ2v) is 6.31. The zero-order valence-corrected chi connectivity index (χ0v) is 15.7. The Morgan fingerprint density at radius 3 is 2.64 bits per heavy atom. The number of benzene rings is 2. The Hall–Kier alpha value is -2.12. The molecule has 132 valence electrons. The zero-order chi connectivity index (χ0) is 18.6. The first-order chi connectivity index (χ1) is 11.8. The van der Waals surface area contributed by atoms with Gasteiger partial charge in [-0.1, -0.05) is 11.6 Å². The summed E-state index contributed by atoms with van der Waals surface area (Å²) in [5, 5.41) is 3.09. The molecule has 1 N–H and O–H groups in total. The van der Waals surface area contributed by atoms with Gasteiger partial charge in [0.15, 0.2) is 6.61 Å². The van der Waals surface area contributed by atoms with Gasteiger partial charge in [-0.05, 0) is 52.7 Å². The van der Waals surface area contributed by atoms with Gasteiger partial charge in [0.1, 0.15) is 11.6 Å². The minimum absolute atomic E-state index is 0.120. The molecule has 25 heavy (non-hydrogen) atoms. The first-order valence-corrected chi connectivity index (χ1v) is 8.25. The minimum Gasteiger partial charge on any atom is -0.495 e. The maximum absolute atomic E-state index is 13.0. The minimum atomic E-state index is -0.749. The Kier molecular flexibility index (Phi) is 6.39. The smallest absolute Gasteiger partial charge is 0.339 e. The van der Waals surface area contributed by atoms with E-state index in [0.29, 0.717) is 16.5 Å². The number of hydrogen-bond acceptors (Lipinski definition) is 4. The molecule has 0 heterocycles. The molecule has 0 aliphatic rings. The molecule has 0 saturated carbocycles.